The number of ether oxygens (including phenoxy) is 1. The first-order chi connectivity index (χ1) is 12.7. The van der Waals surface area contributed by atoms with Crippen LogP contribution in [0.15, 0.2) is 40.8 Å². The summed E-state index contributed by atoms with van der Waals surface area (Å²) in [5.74, 6) is 1.72. The number of nitrogens with one attached hydrogen (secondary N) is 1. The number of benzene rings is 1. The van der Waals surface area contributed by atoms with Gasteiger partial charge in [-0.15, -0.1) is 0 Å². The average Bonchev–Trinajstić information content (AvgIpc) is 2.99. The predicted molar refractivity (Wildman–Crippen MR) is 102 cm³/mol. The summed E-state index contributed by atoms with van der Waals surface area (Å²) >= 11 is 0. The Kier molecular flexibility index (Phi) is 6.75. The van der Waals surface area contributed by atoms with Crippen LogP contribution in [0.1, 0.15) is 73.7 Å². The van der Waals surface area contributed by atoms with Crippen molar-refractivity contribution in [3.05, 3.63) is 53.5 Å². The van der Waals surface area contributed by atoms with Gasteiger partial charge in [0, 0.05) is 6.04 Å². The molecular weight excluding hydrogens is 326 g/mol. The largest absolute Gasteiger partial charge is 0.486 e. The molecule has 0 radical (unpaired) electrons. The SMILES string of the molecule is CCCc1ccc(OCc2ccc(C(=O)NC3CCCCCC3)o2)cc1. The minimum absolute atomic E-state index is 0.118. The minimum Gasteiger partial charge on any atom is -0.486 e. The summed E-state index contributed by atoms with van der Waals surface area (Å²) in [6.07, 6.45) is 9.28. The molecule has 0 unspecified atom stereocenters. The van der Waals surface area contributed by atoms with Gasteiger partial charge in [-0.1, -0.05) is 51.2 Å². The zero-order valence-corrected chi connectivity index (χ0v) is 15.6. The molecule has 1 fully saturated rings. The second-order valence-corrected chi connectivity index (χ2v) is 7.11. The summed E-state index contributed by atoms with van der Waals surface area (Å²) < 4.78 is 11.4. The molecule has 1 heterocycles. The fourth-order valence-corrected chi connectivity index (χ4v) is 3.45. The summed E-state index contributed by atoms with van der Waals surface area (Å²) in [6, 6.07) is 12.0. The predicted octanol–water partition coefficient (Wildman–Crippen LogP) is 5.26. The molecule has 1 amide bonds. The fraction of sp³-hybridized carbons (Fsp3) is 0.500. The normalized spacial score (nSPS) is 15.4. The second-order valence-electron chi connectivity index (χ2n) is 7.11. The minimum atomic E-state index is -0.118. The van der Waals surface area contributed by atoms with Crippen LogP contribution in [0, 0.1) is 0 Å². The van der Waals surface area contributed by atoms with Gasteiger partial charge in [0.05, 0.1) is 0 Å². The van der Waals surface area contributed by atoms with Gasteiger partial charge in [0.1, 0.15) is 18.1 Å². The lowest BCUT2D eigenvalue weighted by Gasteiger charge is -2.15. The number of rotatable bonds is 7. The number of hydrogen-bond donors (Lipinski definition) is 1. The van der Waals surface area contributed by atoms with E-state index in [1.165, 1.54) is 31.2 Å². The third-order valence-electron chi connectivity index (χ3n) is 4.92. The first kappa shape index (κ1) is 18.6. The highest BCUT2D eigenvalue weighted by atomic mass is 16.5. The molecule has 2 aromatic rings. The third-order valence-corrected chi connectivity index (χ3v) is 4.92. The zero-order valence-electron chi connectivity index (χ0n) is 15.6. The van der Waals surface area contributed by atoms with E-state index in [9.17, 15) is 4.79 Å². The number of carbonyl (C=O) groups excluding carboxylic acids is 1. The van der Waals surface area contributed by atoms with Crippen LogP contribution in [-0.2, 0) is 13.0 Å². The van der Waals surface area contributed by atoms with Gasteiger partial charge in [0.25, 0.3) is 5.91 Å². The smallest absolute Gasteiger partial charge is 0.287 e. The summed E-state index contributed by atoms with van der Waals surface area (Å²) in [5.41, 5.74) is 1.32. The van der Waals surface area contributed by atoms with Crippen molar-refractivity contribution in [2.75, 3.05) is 0 Å². The Bertz CT molecular complexity index is 682. The molecule has 26 heavy (non-hydrogen) atoms. The standard InChI is InChI=1S/C22H29NO3/c1-2-7-17-10-12-19(13-11-17)25-16-20-14-15-21(26-20)22(24)23-18-8-5-3-4-6-9-18/h10-15,18H,2-9,16H2,1H3,(H,23,24). The molecule has 0 aliphatic heterocycles. The van der Waals surface area contributed by atoms with E-state index in [1.807, 2.05) is 18.2 Å². The van der Waals surface area contributed by atoms with Crippen LogP contribution in [0.3, 0.4) is 0 Å². The summed E-state index contributed by atoms with van der Waals surface area (Å²) in [4.78, 5) is 12.4. The molecule has 1 aromatic heterocycles. The van der Waals surface area contributed by atoms with Crippen molar-refractivity contribution in [3.8, 4) is 5.75 Å². The quantitative estimate of drug-likeness (QED) is 0.689. The number of furan rings is 1. The van der Waals surface area contributed by atoms with Crippen molar-refractivity contribution in [1.29, 1.82) is 0 Å². The number of hydrogen-bond acceptors (Lipinski definition) is 3. The van der Waals surface area contributed by atoms with Crippen LogP contribution in [0.5, 0.6) is 5.75 Å². The number of amides is 1. The van der Waals surface area contributed by atoms with Crippen LogP contribution in [0.2, 0.25) is 0 Å². The second kappa shape index (κ2) is 9.46. The maximum atomic E-state index is 12.4. The van der Waals surface area contributed by atoms with Crippen molar-refractivity contribution >= 4 is 5.91 Å². The molecular formula is C22H29NO3. The van der Waals surface area contributed by atoms with Gasteiger partial charge < -0.3 is 14.5 Å². The van der Waals surface area contributed by atoms with Crippen molar-refractivity contribution in [2.45, 2.75) is 70.9 Å². The van der Waals surface area contributed by atoms with Gasteiger partial charge in [0.2, 0.25) is 0 Å². The maximum absolute atomic E-state index is 12.4. The molecule has 1 aromatic carbocycles. The van der Waals surface area contributed by atoms with Crippen LogP contribution >= 0.6 is 0 Å². The van der Waals surface area contributed by atoms with E-state index in [-0.39, 0.29) is 11.9 Å². The zero-order chi connectivity index (χ0) is 18.2. The molecule has 0 atom stereocenters. The lowest BCUT2D eigenvalue weighted by molar-refractivity contribution is 0.0901. The van der Waals surface area contributed by atoms with Crippen molar-refractivity contribution in [3.63, 3.8) is 0 Å². The monoisotopic (exact) mass is 355 g/mol. The van der Waals surface area contributed by atoms with Crippen LogP contribution < -0.4 is 10.1 Å². The van der Waals surface area contributed by atoms with Crippen LogP contribution in [-0.4, -0.2) is 11.9 Å². The average molecular weight is 355 g/mol. The topological polar surface area (TPSA) is 51.5 Å². The molecule has 1 aliphatic carbocycles. The Hall–Kier alpha value is -2.23. The fourth-order valence-electron chi connectivity index (χ4n) is 3.45. The van der Waals surface area contributed by atoms with Gasteiger partial charge >= 0.3 is 0 Å². The Morgan fingerprint density at radius 2 is 1.81 bits per heavy atom. The van der Waals surface area contributed by atoms with E-state index >= 15 is 0 Å². The number of carbonyl (C=O) groups is 1. The van der Waals surface area contributed by atoms with Crippen molar-refractivity contribution in [2.24, 2.45) is 0 Å². The Balaban J connectivity index is 1.49. The molecule has 1 saturated carbocycles. The lowest BCUT2D eigenvalue weighted by Crippen LogP contribution is -2.34. The first-order valence-electron chi connectivity index (χ1n) is 9.86. The molecule has 0 saturated heterocycles. The van der Waals surface area contributed by atoms with Gasteiger partial charge in [-0.25, -0.2) is 0 Å². The Morgan fingerprint density at radius 3 is 2.50 bits per heavy atom. The van der Waals surface area contributed by atoms with E-state index in [0.29, 0.717) is 18.1 Å². The van der Waals surface area contributed by atoms with Crippen molar-refractivity contribution in [1.82, 2.24) is 5.32 Å². The van der Waals surface area contributed by atoms with Gasteiger partial charge in [-0.05, 0) is 49.1 Å². The first-order valence-corrected chi connectivity index (χ1v) is 9.86. The highest BCUT2D eigenvalue weighted by Gasteiger charge is 2.18. The van der Waals surface area contributed by atoms with E-state index in [2.05, 4.69) is 24.4 Å². The van der Waals surface area contributed by atoms with Gasteiger partial charge in [0.15, 0.2) is 5.76 Å². The van der Waals surface area contributed by atoms with Gasteiger partial charge in [-0.2, -0.15) is 0 Å². The Labute approximate surface area is 155 Å². The number of aryl methyl sites for hydroxylation is 1. The Morgan fingerprint density at radius 1 is 1.08 bits per heavy atom. The summed E-state index contributed by atoms with van der Waals surface area (Å²) in [5, 5.41) is 3.11. The highest BCUT2D eigenvalue weighted by Crippen LogP contribution is 2.19. The lowest BCUT2D eigenvalue weighted by atomic mass is 10.1. The van der Waals surface area contributed by atoms with E-state index < -0.39 is 0 Å². The molecule has 1 N–H and O–H groups in total. The molecule has 1 aliphatic rings. The molecule has 4 nitrogen and oxygen atoms in total. The van der Waals surface area contributed by atoms with Crippen LogP contribution in [0.25, 0.3) is 0 Å². The molecule has 3 rings (SSSR count). The summed E-state index contributed by atoms with van der Waals surface area (Å²) in [7, 11) is 0. The highest BCUT2D eigenvalue weighted by molar-refractivity contribution is 5.91. The molecule has 0 spiro atoms. The van der Waals surface area contributed by atoms with Gasteiger partial charge in [-0.3, -0.25) is 4.79 Å². The third kappa shape index (κ3) is 5.38. The maximum Gasteiger partial charge on any atom is 0.287 e. The van der Waals surface area contributed by atoms with E-state index in [1.54, 1.807) is 6.07 Å². The van der Waals surface area contributed by atoms with Crippen LogP contribution in [0.4, 0.5) is 0 Å². The van der Waals surface area contributed by atoms with Crippen molar-refractivity contribution < 1.29 is 13.9 Å². The summed E-state index contributed by atoms with van der Waals surface area (Å²) in [6.45, 7) is 2.49. The molecule has 140 valence electrons. The van der Waals surface area contributed by atoms with E-state index in [0.717, 1.165) is 31.4 Å². The van der Waals surface area contributed by atoms with E-state index in [4.69, 9.17) is 9.15 Å². The molecule has 0 bridgehead atoms. The molecule has 4 heteroatoms.